The van der Waals surface area contributed by atoms with Gasteiger partial charge in [0.2, 0.25) is 5.91 Å². The summed E-state index contributed by atoms with van der Waals surface area (Å²) in [7, 11) is 1.65. The second kappa shape index (κ2) is 7.90. The highest BCUT2D eigenvalue weighted by Crippen LogP contribution is 2.16. The van der Waals surface area contributed by atoms with E-state index in [4.69, 9.17) is 0 Å². The molecule has 0 spiro atoms. The van der Waals surface area contributed by atoms with E-state index >= 15 is 0 Å². The zero-order valence-electron chi connectivity index (χ0n) is 14.0. The third-order valence-electron chi connectivity index (χ3n) is 3.87. The molecule has 0 saturated heterocycles. The van der Waals surface area contributed by atoms with Gasteiger partial charge >= 0.3 is 0 Å². The largest absolute Gasteiger partial charge is 0.396 e. The van der Waals surface area contributed by atoms with Crippen molar-refractivity contribution >= 4 is 12.0 Å². The molecule has 6 nitrogen and oxygen atoms in total. The lowest BCUT2D eigenvalue weighted by atomic mass is 9.92. The number of aliphatic hydroxyl groups excluding tert-OH is 2. The third-order valence-corrected chi connectivity index (χ3v) is 3.87. The van der Waals surface area contributed by atoms with Crippen LogP contribution in [0.25, 0.3) is 11.8 Å². The predicted molar refractivity (Wildman–Crippen MR) is 92.5 cm³/mol. The molecule has 1 aromatic heterocycles. The minimum Gasteiger partial charge on any atom is -0.396 e. The molecule has 1 aromatic carbocycles. The molecule has 0 fully saturated rings. The van der Waals surface area contributed by atoms with E-state index in [1.807, 2.05) is 35.0 Å². The number of rotatable bonds is 7. The summed E-state index contributed by atoms with van der Waals surface area (Å²) in [6.45, 7) is 1.65. The molecule has 0 bridgehead atoms. The van der Waals surface area contributed by atoms with Crippen molar-refractivity contribution in [2.24, 2.45) is 5.41 Å². The molecule has 1 amide bonds. The molecular weight excluding hydrogens is 306 g/mol. The van der Waals surface area contributed by atoms with Crippen LogP contribution in [0.15, 0.2) is 49.1 Å². The number of nitrogens with zero attached hydrogens (tertiary/aromatic N) is 3. The number of aromatic nitrogens is 2. The topological polar surface area (TPSA) is 78.6 Å². The lowest BCUT2D eigenvalue weighted by Gasteiger charge is -2.29. The molecule has 0 aliphatic rings. The summed E-state index contributed by atoms with van der Waals surface area (Å²) in [5.41, 5.74) is 1.20. The zero-order chi connectivity index (χ0) is 17.6. The van der Waals surface area contributed by atoms with Gasteiger partial charge in [-0.05, 0) is 23.8 Å². The van der Waals surface area contributed by atoms with E-state index < -0.39 is 5.41 Å². The lowest BCUT2D eigenvalue weighted by molar-refractivity contribution is -0.126. The van der Waals surface area contributed by atoms with Crippen LogP contribution in [-0.4, -0.2) is 57.4 Å². The van der Waals surface area contributed by atoms with E-state index in [9.17, 15) is 15.0 Å². The van der Waals surface area contributed by atoms with E-state index in [2.05, 4.69) is 4.98 Å². The van der Waals surface area contributed by atoms with Crippen molar-refractivity contribution < 1.29 is 15.0 Å². The van der Waals surface area contributed by atoms with Crippen LogP contribution >= 0.6 is 0 Å². The maximum absolute atomic E-state index is 12.1. The van der Waals surface area contributed by atoms with Gasteiger partial charge in [0.1, 0.15) is 0 Å². The van der Waals surface area contributed by atoms with Crippen LogP contribution in [0.3, 0.4) is 0 Å². The predicted octanol–water partition coefficient (Wildman–Crippen LogP) is 1.33. The van der Waals surface area contributed by atoms with Gasteiger partial charge in [-0.3, -0.25) is 4.79 Å². The number of carbonyl (C=O) groups is 1. The van der Waals surface area contributed by atoms with Gasteiger partial charge in [-0.1, -0.05) is 19.1 Å². The molecule has 0 saturated carbocycles. The number of amides is 1. The zero-order valence-corrected chi connectivity index (χ0v) is 14.0. The Kier molecular flexibility index (Phi) is 5.89. The highest BCUT2D eigenvalue weighted by Gasteiger charge is 2.25. The average Bonchev–Trinajstić information content (AvgIpc) is 3.14. The highest BCUT2D eigenvalue weighted by molar-refractivity contribution is 5.91. The molecule has 2 aromatic rings. The Hall–Kier alpha value is -2.44. The first kappa shape index (κ1) is 17.9. The Balaban J connectivity index is 1.98. The van der Waals surface area contributed by atoms with Gasteiger partial charge in [-0.15, -0.1) is 0 Å². The number of hydrogen-bond acceptors (Lipinski definition) is 4. The van der Waals surface area contributed by atoms with Gasteiger partial charge in [0.05, 0.1) is 19.5 Å². The summed E-state index contributed by atoms with van der Waals surface area (Å²) in [4.78, 5) is 17.6. The molecule has 0 atom stereocenters. The molecule has 0 aliphatic carbocycles. The Bertz CT molecular complexity index is 674. The quantitative estimate of drug-likeness (QED) is 0.751. The Morgan fingerprint density at radius 1 is 1.29 bits per heavy atom. The first-order valence-corrected chi connectivity index (χ1v) is 7.71. The van der Waals surface area contributed by atoms with Crippen molar-refractivity contribution in [1.29, 1.82) is 0 Å². The number of hydrogen-bond donors (Lipinski definition) is 2. The van der Waals surface area contributed by atoms with Crippen molar-refractivity contribution in [2.45, 2.75) is 6.92 Å². The van der Waals surface area contributed by atoms with Crippen molar-refractivity contribution in [3.63, 3.8) is 0 Å². The number of likely N-dealkylation sites (N-methyl/N-ethyl adjacent to an activating group) is 1. The first-order valence-electron chi connectivity index (χ1n) is 7.71. The molecule has 128 valence electrons. The molecule has 1 heterocycles. The van der Waals surface area contributed by atoms with Crippen LogP contribution in [0.1, 0.15) is 12.5 Å². The summed E-state index contributed by atoms with van der Waals surface area (Å²) < 4.78 is 1.90. The fourth-order valence-corrected chi connectivity index (χ4v) is 2.26. The smallest absolute Gasteiger partial charge is 0.246 e. The summed E-state index contributed by atoms with van der Waals surface area (Å²) in [6, 6.07) is 7.74. The molecule has 2 N–H and O–H groups in total. The minimum atomic E-state index is -0.704. The van der Waals surface area contributed by atoms with Gasteiger partial charge in [-0.2, -0.15) is 0 Å². The molecular formula is C18H23N3O3. The third kappa shape index (κ3) is 4.53. The van der Waals surface area contributed by atoms with Crippen molar-refractivity contribution in [1.82, 2.24) is 14.5 Å². The Morgan fingerprint density at radius 3 is 2.50 bits per heavy atom. The van der Waals surface area contributed by atoms with Crippen LogP contribution in [0.5, 0.6) is 0 Å². The molecule has 2 rings (SSSR count). The van der Waals surface area contributed by atoms with Gasteiger partial charge in [0.15, 0.2) is 0 Å². The van der Waals surface area contributed by atoms with Crippen LogP contribution in [0.4, 0.5) is 0 Å². The summed E-state index contributed by atoms with van der Waals surface area (Å²) in [5.74, 6) is -0.179. The Labute approximate surface area is 141 Å². The van der Waals surface area contributed by atoms with E-state index in [1.165, 1.54) is 11.0 Å². The maximum Gasteiger partial charge on any atom is 0.246 e. The summed E-state index contributed by atoms with van der Waals surface area (Å²) in [6.07, 6.45) is 8.54. The standard InChI is InChI=1S/C18H23N3O3/c1-18(12-22,13-23)11-20(2)17(24)8-5-15-3-6-16(7-4-15)21-10-9-19-14-21/h3-10,14,22-23H,11-13H2,1-2H3/b8-5+. The van der Waals surface area contributed by atoms with Crippen LogP contribution in [-0.2, 0) is 4.79 Å². The molecule has 0 unspecified atom stereocenters. The monoisotopic (exact) mass is 329 g/mol. The molecule has 6 heteroatoms. The number of imidazole rings is 1. The normalized spacial score (nSPS) is 11.8. The Morgan fingerprint density at radius 2 is 1.96 bits per heavy atom. The van der Waals surface area contributed by atoms with Crippen LogP contribution in [0.2, 0.25) is 0 Å². The summed E-state index contributed by atoms with van der Waals surface area (Å²) in [5, 5.41) is 18.6. The fourth-order valence-electron chi connectivity index (χ4n) is 2.26. The van der Waals surface area contributed by atoms with Crippen molar-refractivity contribution in [2.75, 3.05) is 26.8 Å². The minimum absolute atomic E-state index is 0.179. The van der Waals surface area contributed by atoms with Crippen LogP contribution < -0.4 is 0 Å². The van der Waals surface area contributed by atoms with Crippen LogP contribution in [0, 0.1) is 5.41 Å². The maximum atomic E-state index is 12.1. The summed E-state index contributed by atoms with van der Waals surface area (Å²) >= 11 is 0. The lowest BCUT2D eigenvalue weighted by Crippen LogP contribution is -2.41. The first-order chi connectivity index (χ1) is 11.5. The number of aliphatic hydroxyl groups is 2. The van der Waals surface area contributed by atoms with Gasteiger partial charge < -0.3 is 19.7 Å². The van der Waals surface area contributed by atoms with E-state index in [0.29, 0.717) is 0 Å². The molecule has 24 heavy (non-hydrogen) atoms. The number of benzene rings is 1. The SMILES string of the molecule is CN(CC(C)(CO)CO)C(=O)/C=C/c1ccc(-n2ccnc2)cc1. The van der Waals surface area contributed by atoms with Gasteiger partial charge in [0.25, 0.3) is 0 Å². The second-order valence-electron chi connectivity index (χ2n) is 6.22. The van der Waals surface area contributed by atoms with Crippen molar-refractivity contribution in [3.8, 4) is 5.69 Å². The number of carbonyl (C=O) groups excluding carboxylic acids is 1. The fraction of sp³-hybridized carbons (Fsp3) is 0.333. The molecule has 0 radical (unpaired) electrons. The van der Waals surface area contributed by atoms with E-state index in [-0.39, 0.29) is 25.7 Å². The van der Waals surface area contributed by atoms with E-state index in [1.54, 1.807) is 32.6 Å². The molecule has 0 aliphatic heterocycles. The van der Waals surface area contributed by atoms with Gasteiger partial charge in [0, 0.05) is 43.2 Å². The highest BCUT2D eigenvalue weighted by atomic mass is 16.3. The van der Waals surface area contributed by atoms with Crippen molar-refractivity contribution in [3.05, 3.63) is 54.6 Å². The van der Waals surface area contributed by atoms with Gasteiger partial charge in [-0.25, -0.2) is 4.98 Å². The average molecular weight is 329 g/mol. The second-order valence-corrected chi connectivity index (χ2v) is 6.22. The van der Waals surface area contributed by atoms with E-state index in [0.717, 1.165) is 11.3 Å².